The van der Waals surface area contributed by atoms with Gasteiger partial charge in [-0.25, -0.2) is 0 Å². The first kappa shape index (κ1) is 28.8. The standard InChI is InChI=1S/C48H33N/c1-3-14-35(15-4-1)44-30-27-39(38-24-23-34-13-7-8-16-37(34)31-38)33-48(44)49(41-18-5-2-6-19-41)42-28-25-36(26-29-42)47-32-40-17-9-10-20-43(40)45-21-11-12-22-46(45)47/h1-33H. The lowest BCUT2D eigenvalue weighted by Crippen LogP contribution is -2.11. The second kappa shape index (κ2) is 12.3. The summed E-state index contributed by atoms with van der Waals surface area (Å²) in [7, 11) is 0. The number of anilines is 3. The highest BCUT2D eigenvalue weighted by atomic mass is 15.1. The van der Waals surface area contributed by atoms with E-state index in [1.54, 1.807) is 0 Å². The number of fused-ring (bicyclic) bond motifs is 4. The summed E-state index contributed by atoms with van der Waals surface area (Å²) in [5.74, 6) is 0. The molecule has 9 aromatic rings. The SMILES string of the molecule is c1ccc(-c2ccc(-c3ccc4ccccc4c3)cc2N(c2ccccc2)c2ccc(-c3cc4ccccc4c4ccccc34)cc2)cc1. The van der Waals surface area contributed by atoms with E-state index in [1.165, 1.54) is 65.7 Å². The van der Waals surface area contributed by atoms with Crippen LogP contribution in [0.1, 0.15) is 0 Å². The van der Waals surface area contributed by atoms with Crippen molar-refractivity contribution in [2.75, 3.05) is 4.90 Å². The van der Waals surface area contributed by atoms with Gasteiger partial charge < -0.3 is 4.90 Å². The number of hydrogen-bond acceptors (Lipinski definition) is 1. The lowest BCUT2D eigenvalue weighted by molar-refractivity contribution is 1.28. The Balaban J connectivity index is 1.22. The molecule has 0 aromatic heterocycles. The molecular formula is C48H33N. The Morgan fingerprint density at radius 1 is 0.265 bits per heavy atom. The Kier molecular flexibility index (Phi) is 7.22. The van der Waals surface area contributed by atoms with E-state index in [0.717, 1.165) is 17.1 Å². The minimum Gasteiger partial charge on any atom is -0.310 e. The van der Waals surface area contributed by atoms with Crippen molar-refractivity contribution in [2.45, 2.75) is 0 Å². The molecule has 0 bridgehead atoms. The summed E-state index contributed by atoms with van der Waals surface area (Å²) in [6.45, 7) is 0. The van der Waals surface area contributed by atoms with Gasteiger partial charge in [0.25, 0.3) is 0 Å². The molecule has 9 aromatic carbocycles. The molecule has 0 aliphatic heterocycles. The van der Waals surface area contributed by atoms with Crippen molar-refractivity contribution in [1.29, 1.82) is 0 Å². The summed E-state index contributed by atoms with van der Waals surface area (Å²) >= 11 is 0. The summed E-state index contributed by atoms with van der Waals surface area (Å²) in [5, 5.41) is 7.58. The molecule has 9 rings (SSSR count). The maximum atomic E-state index is 2.40. The zero-order valence-electron chi connectivity index (χ0n) is 27.0. The van der Waals surface area contributed by atoms with E-state index in [4.69, 9.17) is 0 Å². The number of benzene rings is 9. The molecule has 0 saturated carbocycles. The molecule has 0 atom stereocenters. The van der Waals surface area contributed by atoms with Crippen molar-refractivity contribution < 1.29 is 0 Å². The van der Waals surface area contributed by atoms with Crippen LogP contribution in [-0.4, -0.2) is 0 Å². The first-order valence-corrected chi connectivity index (χ1v) is 16.8. The van der Waals surface area contributed by atoms with Gasteiger partial charge in [-0.2, -0.15) is 0 Å². The van der Waals surface area contributed by atoms with Gasteiger partial charge in [0.1, 0.15) is 0 Å². The maximum Gasteiger partial charge on any atom is 0.0546 e. The van der Waals surface area contributed by atoms with Gasteiger partial charge in [0.2, 0.25) is 0 Å². The lowest BCUT2D eigenvalue weighted by atomic mass is 9.93. The fourth-order valence-electron chi connectivity index (χ4n) is 7.21. The first-order valence-electron chi connectivity index (χ1n) is 16.8. The molecule has 230 valence electrons. The molecule has 1 heteroatoms. The Morgan fingerprint density at radius 2 is 0.796 bits per heavy atom. The quantitative estimate of drug-likeness (QED) is 0.167. The van der Waals surface area contributed by atoms with Crippen molar-refractivity contribution in [3.8, 4) is 33.4 Å². The number of rotatable bonds is 6. The predicted molar refractivity (Wildman–Crippen MR) is 210 cm³/mol. The molecule has 0 heterocycles. The molecular weight excluding hydrogens is 591 g/mol. The van der Waals surface area contributed by atoms with Crippen molar-refractivity contribution in [3.63, 3.8) is 0 Å². The van der Waals surface area contributed by atoms with Gasteiger partial charge in [-0.15, -0.1) is 0 Å². The average molecular weight is 624 g/mol. The highest BCUT2D eigenvalue weighted by Gasteiger charge is 2.19. The molecule has 49 heavy (non-hydrogen) atoms. The Bertz CT molecular complexity index is 2590. The van der Waals surface area contributed by atoms with Gasteiger partial charge in [-0.1, -0.05) is 158 Å². The number of para-hydroxylation sites is 1. The fraction of sp³-hybridized carbons (Fsp3) is 0. The van der Waals surface area contributed by atoms with Gasteiger partial charge >= 0.3 is 0 Å². The van der Waals surface area contributed by atoms with E-state index in [0.29, 0.717) is 0 Å². The molecule has 0 saturated heterocycles. The molecule has 1 nitrogen and oxygen atoms in total. The van der Waals surface area contributed by atoms with E-state index in [1.807, 2.05) is 0 Å². The van der Waals surface area contributed by atoms with Crippen molar-refractivity contribution in [1.82, 2.24) is 0 Å². The average Bonchev–Trinajstić information content (AvgIpc) is 3.18. The van der Waals surface area contributed by atoms with Gasteiger partial charge in [-0.3, -0.25) is 0 Å². The van der Waals surface area contributed by atoms with Crippen LogP contribution in [0.25, 0.3) is 65.7 Å². The third kappa shape index (κ3) is 5.32. The highest BCUT2D eigenvalue weighted by Crippen LogP contribution is 2.44. The minimum atomic E-state index is 1.10. The van der Waals surface area contributed by atoms with Gasteiger partial charge in [0.05, 0.1) is 5.69 Å². The maximum absolute atomic E-state index is 2.40. The Morgan fingerprint density at radius 3 is 1.57 bits per heavy atom. The van der Waals surface area contributed by atoms with Crippen LogP contribution in [0.5, 0.6) is 0 Å². The second-order valence-electron chi connectivity index (χ2n) is 12.6. The van der Waals surface area contributed by atoms with Gasteiger partial charge in [-0.05, 0) is 103 Å². The van der Waals surface area contributed by atoms with Crippen LogP contribution in [0.4, 0.5) is 17.1 Å². The molecule has 0 spiro atoms. The molecule has 0 amide bonds. The third-order valence-electron chi connectivity index (χ3n) is 9.63. The van der Waals surface area contributed by atoms with Crippen molar-refractivity contribution in [3.05, 3.63) is 200 Å². The van der Waals surface area contributed by atoms with Crippen LogP contribution in [0.15, 0.2) is 200 Å². The number of nitrogens with zero attached hydrogens (tertiary/aromatic N) is 1. The summed E-state index contributed by atoms with van der Waals surface area (Å²) in [6.07, 6.45) is 0. The predicted octanol–water partition coefficient (Wildman–Crippen LogP) is 13.6. The first-order chi connectivity index (χ1) is 24.3. The summed E-state index contributed by atoms with van der Waals surface area (Å²) in [4.78, 5) is 2.40. The fourth-order valence-corrected chi connectivity index (χ4v) is 7.21. The largest absolute Gasteiger partial charge is 0.310 e. The number of hydrogen-bond donors (Lipinski definition) is 0. The molecule has 0 N–H and O–H groups in total. The zero-order valence-corrected chi connectivity index (χ0v) is 27.0. The molecule has 0 radical (unpaired) electrons. The third-order valence-corrected chi connectivity index (χ3v) is 9.63. The summed E-state index contributed by atoms with van der Waals surface area (Å²) in [6, 6.07) is 72.5. The van der Waals surface area contributed by atoms with E-state index in [2.05, 4.69) is 205 Å². The van der Waals surface area contributed by atoms with Crippen molar-refractivity contribution >= 4 is 49.4 Å². The molecule has 0 unspecified atom stereocenters. The Hall–Kier alpha value is -6.44. The smallest absolute Gasteiger partial charge is 0.0546 e. The molecule has 0 aliphatic carbocycles. The van der Waals surface area contributed by atoms with Crippen LogP contribution >= 0.6 is 0 Å². The lowest BCUT2D eigenvalue weighted by Gasteiger charge is -2.29. The van der Waals surface area contributed by atoms with Crippen molar-refractivity contribution in [2.24, 2.45) is 0 Å². The van der Waals surface area contributed by atoms with Crippen LogP contribution in [0.3, 0.4) is 0 Å². The van der Waals surface area contributed by atoms with E-state index in [-0.39, 0.29) is 0 Å². The summed E-state index contributed by atoms with van der Waals surface area (Å²) < 4.78 is 0. The Labute approximate surface area is 287 Å². The van der Waals surface area contributed by atoms with E-state index >= 15 is 0 Å². The molecule has 0 fully saturated rings. The van der Waals surface area contributed by atoms with Gasteiger partial charge in [0, 0.05) is 16.9 Å². The van der Waals surface area contributed by atoms with E-state index < -0.39 is 0 Å². The van der Waals surface area contributed by atoms with E-state index in [9.17, 15) is 0 Å². The van der Waals surface area contributed by atoms with Crippen LogP contribution in [-0.2, 0) is 0 Å². The molecule has 0 aliphatic rings. The van der Waals surface area contributed by atoms with Crippen LogP contribution < -0.4 is 4.90 Å². The normalized spacial score (nSPS) is 11.3. The van der Waals surface area contributed by atoms with Crippen LogP contribution in [0, 0.1) is 0 Å². The second-order valence-corrected chi connectivity index (χ2v) is 12.6. The topological polar surface area (TPSA) is 3.24 Å². The highest BCUT2D eigenvalue weighted by molar-refractivity contribution is 6.13. The van der Waals surface area contributed by atoms with Crippen LogP contribution in [0.2, 0.25) is 0 Å². The zero-order chi connectivity index (χ0) is 32.6. The van der Waals surface area contributed by atoms with Gasteiger partial charge in [0.15, 0.2) is 0 Å². The monoisotopic (exact) mass is 623 g/mol. The summed E-state index contributed by atoms with van der Waals surface area (Å²) in [5.41, 5.74) is 10.5. The minimum absolute atomic E-state index is 1.10.